The molecule has 0 saturated carbocycles. The van der Waals surface area contributed by atoms with Gasteiger partial charge in [0.2, 0.25) is 16.6 Å². The van der Waals surface area contributed by atoms with Crippen molar-refractivity contribution in [2.45, 2.75) is 84.8 Å². The lowest BCUT2D eigenvalue weighted by atomic mass is 10.0. The van der Waals surface area contributed by atoms with Crippen LogP contribution >= 0.6 is 0 Å². The molecule has 0 N–H and O–H groups in total. The van der Waals surface area contributed by atoms with Crippen LogP contribution in [-0.2, 0) is 16.5 Å². The third-order valence-electron chi connectivity index (χ3n) is 4.21. The summed E-state index contributed by atoms with van der Waals surface area (Å²) in [6, 6.07) is 2.42. The fraction of sp³-hybridized carbons (Fsp3) is 0.565. The van der Waals surface area contributed by atoms with Gasteiger partial charge in [0.1, 0.15) is 17.2 Å². The van der Waals surface area contributed by atoms with Crippen LogP contribution in [0.15, 0.2) is 35.4 Å². The van der Waals surface area contributed by atoms with Gasteiger partial charge in [-0.1, -0.05) is 23.3 Å². The Labute approximate surface area is 204 Å². The zero-order valence-electron chi connectivity index (χ0n) is 21.5. The van der Waals surface area contributed by atoms with E-state index in [2.05, 4.69) is 10.3 Å². The second-order valence-electron chi connectivity index (χ2n) is 10.4. The van der Waals surface area contributed by atoms with E-state index >= 15 is 0 Å². The monoisotopic (exact) mass is 538 g/mol. The molecule has 0 fully saturated rings. The average molecular weight is 539 g/mol. The van der Waals surface area contributed by atoms with Crippen LogP contribution in [0.2, 0.25) is 39.3 Å². The standard InChI is InChI=1S/C23H37F3O5SSi2/c1-17(2)11-10-12-18(3)13-14-20-21(30-33(4,5)6)15-19(16-22(20)31-34(7,8)9)29-32(27,28)23(24,25)26/h11,13,15-16H,10,12,14H2,1-9H3/b18-13+. The summed E-state index contributed by atoms with van der Waals surface area (Å²) in [6.45, 7) is 17.7. The van der Waals surface area contributed by atoms with Crippen molar-refractivity contribution < 1.29 is 34.6 Å². The minimum absolute atomic E-state index is 0.274. The van der Waals surface area contributed by atoms with Crippen molar-refractivity contribution in [1.82, 2.24) is 0 Å². The lowest BCUT2D eigenvalue weighted by Crippen LogP contribution is -2.32. The van der Waals surface area contributed by atoms with Gasteiger partial charge in [0.05, 0.1) is 0 Å². The molecular formula is C23H37F3O5SSi2. The SMILES string of the molecule is CC(C)=CCC/C(C)=C/Cc1c(O[Si](C)(C)C)cc(OS(=O)(=O)C(F)(F)F)cc1O[Si](C)(C)C. The first kappa shape index (κ1) is 30.3. The third kappa shape index (κ3) is 10.7. The number of halogens is 3. The number of rotatable bonds is 11. The van der Waals surface area contributed by atoms with Gasteiger partial charge in [0.25, 0.3) is 0 Å². The largest absolute Gasteiger partial charge is 0.544 e. The van der Waals surface area contributed by atoms with E-state index in [0.29, 0.717) is 12.0 Å². The van der Waals surface area contributed by atoms with E-state index in [9.17, 15) is 21.6 Å². The van der Waals surface area contributed by atoms with Gasteiger partial charge in [0.15, 0.2) is 0 Å². The van der Waals surface area contributed by atoms with E-state index in [1.165, 1.54) is 17.7 Å². The summed E-state index contributed by atoms with van der Waals surface area (Å²) < 4.78 is 78.8. The maximum Gasteiger partial charge on any atom is 0.534 e. The molecule has 0 amide bonds. The third-order valence-corrected chi connectivity index (χ3v) is 6.85. The quantitative estimate of drug-likeness (QED) is 0.126. The Kier molecular flexibility index (Phi) is 10.1. The number of allylic oxidation sites excluding steroid dienone is 4. The molecule has 0 heterocycles. The highest BCUT2D eigenvalue weighted by Crippen LogP contribution is 2.39. The van der Waals surface area contributed by atoms with Crippen molar-refractivity contribution in [3.05, 3.63) is 41.0 Å². The van der Waals surface area contributed by atoms with Crippen LogP contribution in [-0.4, -0.2) is 30.6 Å². The maximum absolute atomic E-state index is 12.9. The van der Waals surface area contributed by atoms with Crippen molar-refractivity contribution in [2.75, 3.05) is 0 Å². The van der Waals surface area contributed by atoms with Crippen LogP contribution in [0, 0.1) is 0 Å². The van der Waals surface area contributed by atoms with Crippen molar-refractivity contribution in [3.8, 4) is 17.2 Å². The smallest absolute Gasteiger partial charge is 0.534 e. The van der Waals surface area contributed by atoms with Gasteiger partial charge in [-0.05, 0) is 79.3 Å². The molecule has 0 bridgehead atoms. The molecule has 194 valence electrons. The van der Waals surface area contributed by atoms with E-state index in [1.807, 2.05) is 66.1 Å². The summed E-state index contributed by atoms with van der Waals surface area (Å²) in [7, 11) is -10.3. The summed E-state index contributed by atoms with van der Waals surface area (Å²) in [5, 5.41) is 0. The summed E-state index contributed by atoms with van der Waals surface area (Å²) >= 11 is 0. The van der Waals surface area contributed by atoms with Crippen LogP contribution in [0.1, 0.15) is 39.2 Å². The van der Waals surface area contributed by atoms with Crippen LogP contribution in [0.5, 0.6) is 17.2 Å². The molecule has 0 aromatic heterocycles. The number of alkyl halides is 3. The van der Waals surface area contributed by atoms with Crippen molar-refractivity contribution >= 4 is 26.8 Å². The van der Waals surface area contributed by atoms with Crippen LogP contribution in [0.3, 0.4) is 0 Å². The van der Waals surface area contributed by atoms with Crippen LogP contribution in [0.25, 0.3) is 0 Å². The summed E-state index contributed by atoms with van der Waals surface area (Å²) in [4.78, 5) is 0. The highest BCUT2D eigenvalue weighted by atomic mass is 32.2. The van der Waals surface area contributed by atoms with E-state index < -0.39 is 38.0 Å². The summed E-state index contributed by atoms with van der Waals surface area (Å²) in [6.07, 6.45) is 6.39. The lowest BCUT2D eigenvalue weighted by Gasteiger charge is -2.27. The van der Waals surface area contributed by atoms with Crippen molar-refractivity contribution in [3.63, 3.8) is 0 Å². The second-order valence-corrected chi connectivity index (χ2v) is 20.8. The molecule has 0 atom stereocenters. The number of hydrogen-bond acceptors (Lipinski definition) is 5. The van der Waals surface area contributed by atoms with Gasteiger partial charge in [-0.2, -0.15) is 21.6 Å². The number of hydrogen-bond donors (Lipinski definition) is 0. The zero-order valence-corrected chi connectivity index (χ0v) is 24.3. The minimum Gasteiger partial charge on any atom is -0.544 e. The highest BCUT2D eigenvalue weighted by Gasteiger charge is 2.48. The molecule has 0 unspecified atom stereocenters. The van der Waals surface area contributed by atoms with Gasteiger partial charge < -0.3 is 13.0 Å². The Bertz CT molecular complexity index is 978. The molecular weight excluding hydrogens is 501 g/mol. The number of benzene rings is 1. The Morgan fingerprint density at radius 3 is 1.76 bits per heavy atom. The van der Waals surface area contributed by atoms with Crippen molar-refractivity contribution in [2.24, 2.45) is 0 Å². The Morgan fingerprint density at radius 1 is 0.912 bits per heavy atom. The van der Waals surface area contributed by atoms with Gasteiger partial charge in [-0.15, -0.1) is 0 Å². The molecule has 1 aromatic rings. The zero-order chi connectivity index (χ0) is 26.5. The normalized spacial score (nSPS) is 13.5. The molecule has 0 saturated heterocycles. The molecule has 0 radical (unpaired) electrons. The average Bonchev–Trinajstić information content (AvgIpc) is 2.56. The first-order valence-electron chi connectivity index (χ1n) is 11.0. The van der Waals surface area contributed by atoms with Crippen LogP contribution < -0.4 is 13.0 Å². The van der Waals surface area contributed by atoms with Gasteiger partial charge in [0, 0.05) is 17.7 Å². The Balaban J connectivity index is 3.56. The molecule has 11 heteroatoms. The van der Waals surface area contributed by atoms with E-state index in [4.69, 9.17) is 8.85 Å². The highest BCUT2D eigenvalue weighted by molar-refractivity contribution is 7.88. The minimum atomic E-state index is -5.83. The predicted molar refractivity (Wildman–Crippen MR) is 136 cm³/mol. The maximum atomic E-state index is 12.9. The molecule has 0 aliphatic carbocycles. The summed E-state index contributed by atoms with van der Waals surface area (Å²) in [5.41, 5.74) is -2.50. The molecule has 34 heavy (non-hydrogen) atoms. The molecule has 0 spiro atoms. The predicted octanol–water partition coefficient (Wildman–Crippen LogP) is 7.58. The van der Waals surface area contributed by atoms with Crippen LogP contribution in [0.4, 0.5) is 13.2 Å². The van der Waals surface area contributed by atoms with E-state index in [0.717, 1.165) is 18.4 Å². The lowest BCUT2D eigenvalue weighted by molar-refractivity contribution is -0.0500. The Morgan fingerprint density at radius 2 is 1.38 bits per heavy atom. The molecule has 1 aromatic carbocycles. The first-order valence-corrected chi connectivity index (χ1v) is 19.3. The van der Waals surface area contributed by atoms with E-state index in [1.54, 1.807) is 0 Å². The molecule has 0 aliphatic heterocycles. The van der Waals surface area contributed by atoms with Crippen molar-refractivity contribution in [1.29, 1.82) is 0 Å². The van der Waals surface area contributed by atoms with Gasteiger partial charge in [-0.25, -0.2) is 0 Å². The topological polar surface area (TPSA) is 61.8 Å². The van der Waals surface area contributed by atoms with Gasteiger partial charge in [-0.3, -0.25) is 0 Å². The van der Waals surface area contributed by atoms with E-state index in [-0.39, 0.29) is 11.5 Å². The molecule has 5 nitrogen and oxygen atoms in total. The second kappa shape index (κ2) is 11.3. The fourth-order valence-corrected chi connectivity index (χ4v) is 4.96. The fourth-order valence-electron chi connectivity index (χ4n) is 2.83. The molecule has 1 rings (SSSR count). The molecule has 0 aliphatic rings. The summed E-state index contributed by atoms with van der Waals surface area (Å²) in [5.74, 6) is 0.0538. The Hall–Kier alpha value is -1.73. The first-order chi connectivity index (χ1) is 15.2. The van der Waals surface area contributed by atoms with Gasteiger partial charge >= 0.3 is 15.6 Å².